The predicted molar refractivity (Wildman–Crippen MR) is 115 cm³/mol. The van der Waals surface area contributed by atoms with E-state index in [2.05, 4.69) is 41.0 Å². The first-order valence-electron chi connectivity index (χ1n) is 10.6. The van der Waals surface area contributed by atoms with Gasteiger partial charge in [-0.15, -0.1) is 0 Å². The summed E-state index contributed by atoms with van der Waals surface area (Å²) >= 11 is 0. The molecule has 1 aromatic rings. The van der Waals surface area contributed by atoms with Gasteiger partial charge in [-0.25, -0.2) is 0 Å². The molecular formula is C20H37N7O. The second-order valence-corrected chi connectivity index (χ2v) is 7.27. The van der Waals surface area contributed by atoms with Crippen LogP contribution in [0.4, 0.5) is 5.69 Å². The summed E-state index contributed by atoms with van der Waals surface area (Å²) < 4.78 is 1.72. The fraction of sp³-hybridized carbons (Fsp3) is 0.750. The van der Waals surface area contributed by atoms with Crippen molar-refractivity contribution in [3.05, 3.63) is 12.4 Å². The van der Waals surface area contributed by atoms with Gasteiger partial charge in [0.1, 0.15) is 6.54 Å². The summed E-state index contributed by atoms with van der Waals surface area (Å²) in [5, 5.41) is 7.51. The number of amides is 1. The standard InChI is InChI=1S/C20H37N7O/c1-5-10-25(11-6-2)12-8-9-22-20(21-7-3)26-13-14-27(19(28)17-26)18-15-23-24(4)16-18/h15-16H,5-14,17H2,1-4H3,(H,21,22). The van der Waals surface area contributed by atoms with E-state index >= 15 is 0 Å². The van der Waals surface area contributed by atoms with Gasteiger partial charge in [0, 0.05) is 39.4 Å². The normalized spacial score (nSPS) is 15.6. The van der Waals surface area contributed by atoms with E-state index in [-0.39, 0.29) is 5.91 Å². The molecule has 0 aliphatic carbocycles. The minimum absolute atomic E-state index is 0.0851. The maximum absolute atomic E-state index is 12.6. The van der Waals surface area contributed by atoms with Crippen molar-refractivity contribution < 1.29 is 4.79 Å². The minimum Gasteiger partial charge on any atom is -0.357 e. The summed E-state index contributed by atoms with van der Waals surface area (Å²) in [6.07, 6.45) is 7.04. The molecule has 0 atom stereocenters. The van der Waals surface area contributed by atoms with E-state index < -0.39 is 0 Å². The largest absolute Gasteiger partial charge is 0.357 e. The van der Waals surface area contributed by atoms with Crippen molar-refractivity contribution >= 4 is 17.6 Å². The summed E-state index contributed by atoms with van der Waals surface area (Å²) in [5.41, 5.74) is 0.862. The highest BCUT2D eigenvalue weighted by Gasteiger charge is 2.27. The zero-order valence-electron chi connectivity index (χ0n) is 18.0. The number of aryl methyl sites for hydroxylation is 1. The van der Waals surface area contributed by atoms with Gasteiger partial charge in [0.05, 0.1) is 11.9 Å². The fourth-order valence-electron chi connectivity index (χ4n) is 3.55. The Hall–Kier alpha value is -2.09. The van der Waals surface area contributed by atoms with Crippen LogP contribution in [-0.2, 0) is 11.8 Å². The van der Waals surface area contributed by atoms with E-state index in [0.717, 1.165) is 57.3 Å². The van der Waals surface area contributed by atoms with Crippen molar-refractivity contribution in [2.75, 3.05) is 57.3 Å². The lowest BCUT2D eigenvalue weighted by Crippen LogP contribution is -2.55. The third-order valence-corrected chi connectivity index (χ3v) is 4.83. The van der Waals surface area contributed by atoms with E-state index in [1.54, 1.807) is 15.8 Å². The Balaban J connectivity index is 1.89. The molecule has 158 valence electrons. The van der Waals surface area contributed by atoms with Crippen molar-refractivity contribution in [1.29, 1.82) is 0 Å². The molecule has 1 amide bonds. The van der Waals surface area contributed by atoms with Gasteiger partial charge in [-0.1, -0.05) is 13.8 Å². The maximum atomic E-state index is 12.6. The molecule has 0 bridgehead atoms. The van der Waals surface area contributed by atoms with Crippen LogP contribution in [0.25, 0.3) is 0 Å². The number of carbonyl (C=O) groups is 1. The third-order valence-electron chi connectivity index (χ3n) is 4.83. The third kappa shape index (κ3) is 6.51. The average Bonchev–Trinajstić information content (AvgIpc) is 3.10. The van der Waals surface area contributed by atoms with Crippen molar-refractivity contribution in [3.63, 3.8) is 0 Å². The van der Waals surface area contributed by atoms with Crippen molar-refractivity contribution in [1.82, 2.24) is 24.9 Å². The number of aliphatic imine (C=N–C) groups is 1. The molecule has 0 saturated carbocycles. The summed E-state index contributed by atoms with van der Waals surface area (Å²) in [7, 11) is 1.86. The quantitative estimate of drug-likeness (QED) is 0.372. The first-order valence-corrected chi connectivity index (χ1v) is 10.6. The van der Waals surface area contributed by atoms with E-state index in [1.807, 2.05) is 13.2 Å². The molecule has 2 rings (SSSR count). The zero-order valence-corrected chi connectivity index (χ0v) is 18.0. The van der Waals surface area contributed by atoms with E-state index in [1.165, 1.54) is 12.8 Å². The van der Waals surface area contributed by atoms with Gasteiger partial charge in [0.25, 0.3) is 0 Å². The smallest absolute Gasteiger partial charge is 0.246 e. The Morgan fingerprint density at radius 3 is 2.54 bits per heavy atom. The molecular weight excluding hydrogens is 354 g/mol. The molecule has 1 N–H and O–H groups in total. The van der Waals surface area contributed by atoms with Gasteiger partial charge >= 0.3 is 0 Å². The molecule has 1 aliphatic heterocycles. The van der Waals surface area contributed by atoms with Crippen LogP contribution in [0.5, 0.6) is 0 Å². The molecule has 0 unspecified atom stereocenters. The van der Waals surface area contributed by atoms with Gasteiger partial charge in [0.2, 0.25) is 5.91 Å². The lowest BCUT2D eigenvalue weighted by atomic mass is 10.3. The zero-order chi connectivity index (χ0) is 20.4. The monoisotopic (exact) mass is 391 g/mol. The van der Waals surface area contributed by atoms with Crippen LogP contribution >= 0.6 is 0 Å². The van der Waals surface area contributed by atoms with E-state index in [4.69, 9.17) is 4.99 Å². The molecule has 0 spiro atoms. The molecule has 2 heterocycles. The van der Waals surface area contributed by atoms with Gasteiger partial charge < -0.3 is 20.0 Å². The van der Waals surface area contributed by atoms with Crippen molar-refractivity contribution in [2.24, 2.45) is 12.0 Å². The summed E-state index contributed by atoms with van der Waals surface area (Å²) in [4.78, 5) is 23.8. The molecule has 1 aromatic heterocycles. The Morgan fingerprint density at radius 1 is 1.21 bits per heavy atom. The van der Waals surface area contributed by atoms with Gasteiger partial charge in [-0.2, -0.15) is 5.10 Å². The van der Waals surface area contributed by atoms with E-state index in [0.29, 0.717) is 13.1 Å². The minimum atomic E-state index is 0.0851. The molecule has 8 heteroatoms. The summed E-state index contributed by atoms with van der Waals surface area (Å²) in [6.45, 7) is 13.3. The first-order chi connectivity index (χ1) is 13.6. The maximum Gasteiger partial charge on any atom is 0.246 e. The number of piperazine rings is 1. The van der Waals surface area contributed by atoms with Crippen LogP contribution in [0.2, 0.25) is 0 Å². The number of rotatable bonds is 10. The lowest BCUT2D eigenvalue weighted by Gasteiger charge is -2.35. The fourth-order valence-corrected chi connectivity index (χ4v) is 3.55. The van der Waals surface area contributed by atoms with Crippen molar-refractivity contribution in [3.8, 4) is 0 Å². The Bertz CT molecular complexity index is 622. The number of guanidine groups is 1. The van der Waals surface area contributed by atoms with Crippen LogP contribution in [-0.4, -0.2) is 83.8 Å². The van der Waals surface area contributed by atoms with Gasteiger partial charge in [-0.3, -0.25) is 14.5 Å². The highest BCUT2D eigenvalue weighted by molar-refractivity contribution is 5.98. The number of nitrogens with one attached hydrogen (secondary N) is 1. The Morgan fingerprint density at radius 2 is 1.96 bits per heavy atom. The number of nitrogens with zero attached hydrogens (tertiary/aromatic N) is 6. The molecule has 1 aliphatic rings. The lowest BCUT2D eigenvalue weighted by molar-refractivity contribution is -0.120. The van der Waals surface area contributed by atoms with E-state index in [9.17, 15) is 4.79 Å². The molecule has 1 fully saturated rings. The molecule has 8 nitrogen and oxygen atoms in total. The predicted octanol–water partition coefficient (Wildman–Crippen LogP) is 1.55. The number of anilines is 1. The van der Waals surface area contributed by atoms with Crippen LogP contribution in [0.3, 0.4) is 0 Å². The van der Waals surface area contributed by atoms with Crippen LogP contribution in [0.15, 0.2) is 17.4 Å². The Labute approximate surface area is 169 Å². The highest BCUT2D eigenvalue weighted by atomic mass is 16.2. The second-order valence-electron chi connectivity index (χ2n) is 7.27. The van der Waals surface area contributed by atoms with Crippen LogP contribution in [0.1, 0.15) is 40.0 Å². The highest BCUT2D eigenvalue weighted by Crippen LogP contribution is 2.16. The first kappa shape index (κ1) is 22.2. The van der Waals surface area contributed by atoms with Crippen molar-refractivity contribution in [2.45, 2.75) is 40.0 Å². The topological polar surface area (TPSA) is 69.0 Å². The second kappa shape index (κ2) is 11.7. The molecule has 1 saturated heterocycles. The number of carbonyl (C=O) groups excluding carboxylic acids is 1. The number of aromatic nitrogens is 2. The van der Waals surface area contributed by atoms with Gasteiger partial charge in [-0.05, 0) is 45.8 Å². The number of hydrogen-bond acceptors (Lipinski definition) is 4. The summed E-state index contributed by atoms with van der Waals surface area (Å²) in [5.74, 6) is 0.932. The average molecular weight is 392 g/mol. The van der Waals surface area contributed by atoms with Crippen LogP contribution < -0.4 is 10.2 Å². The van der Waals surface area contributed by atoms with Gasteiger partial charge in [0.15, 0.2) is 5.96 Å². The Kier molecular flexibility index (Phi) is 9.27. The SMILES string of the molecule is CCCN(CCC)CCCN=C(NCC)N1CCN(c2cnn(C)c2)C(=O)C1. The number of hydrogen-bond donors (Lipinski definition) is 1. The molecule has 28 heavy (non-hydrogen) atoms. The molecule has 0 radical (unpaired) electrons. The van der Waals surface area contributed by atoms with Crippen LogP contribution in [0, 0.1) is 0 Å². The molecule has 0 aromatic carbocycles. The summed E-state index contributed by atoms with van der Waals surface area (Å²) in [6, 6.07) is 0.